The number of hydrogen-bond donors (Lipinski definition) is 2. The first-order chi connectivity index (χ1) is 11.2. The SMILES string of the molecule is COc1cc(C(=O)N[C@@H]2CCN(C(=O)OC(C)(C)C)C2)ccc1N. The number of nitrogens with zero attached hydrogens (tertiary/aromatic N) is 1. The standard InChI is InChI=1S/C17H25N3O4/c1-17(2,3)24-16(22)20-8-7-12(10-20)19-15(21)11-5-6-13(18)14(9-11)23-4/h5-6,9,12H,7-8,10,18H2,1-4H3,(H,19,21)/t12-/m1/s1. The number of amides is 2. The third-order valence-corrected chi connectivity index (χ3v) is 3.67. The number of nitrogen functional groups attached to an aromatic ring is 1. The third kappa shape index (κ3) is 4.53. The third-order valence-electron chi connectivity index (χ3n) is 3.67. The molecule has 2 rings (SSSR count). The summed E-state index contributed by atoms with van der Waals surface area (Å²) in [4.78, 5) is 26.0. The molecule has 1 aromatic carbocycles. The molecule has 1 aromatic rings. The highest BCUT2D eigenvalue weighted by atomic mass is 16.6. The number of benzene rings is 1. The van der Waals surface area contributed by atoms with Gasteiger partial charge in [-0.05, 0) is 45.4 Å². The number of ether oxygens (including phenoxy) is 2. The van der Waals surface area contributed by atoms with Gasteiger partial charge in [-0.1, -0.05) is 0 Å². The predicted molar refractivity (Wildman–Crippen MR) is 91.1 cm³/mol. The van der Waals surface area contributed by atoms with E-state index in [9.17, 15) is 9.59 Å². The molecule has 1 fully saturated rings. The lowest BCUT2D eigenvalue weighted by Gasteiger charge is -2.24. The molecule has 0 unspecified atom stereocenters. The highest BCUT2D eigenvalue weighted by Crippen LogP contribution is 2.22. The normalized spacial score (nSPS) is 17.5. The zero-order valence-electron chi connectivity index (χ0n) is 14.6. The van der Waals surface area contributed by atoms with Gasteiger partial charge in [-0.3, -0.25) is 4.79 Å². The van der Waals surface area contributed by atoms with Crippen LogP contribution in [0.5, 0.6) is 5.75 Å². The molecule has 0 saturated carbocycles. The van der Waals surface area contributed by atoms with E-state index < -0.39 is 5.60 Å². The molecule has 1 atom stereocenters. The maximum Gasteiger partial charge on any atom is 0.410 e. The molecular formula is C17H25N3O4. The van der Waals surface area contributed by atoms with Crippen molar-refractivity contribution in [2.24, 2.45) is 0 Å². The molecule has 0 bridgehead atoms. The summed E-state index contributed by atoms with van der Waals surface area (Å²) in [5.41, 5.74) is 6.17. The monoisotopic (exact) mass is 335 g/mol. The van der Waals surface area contributed by atoms with Crippen molar-refractivity contribution in [1.29, 1.82) is 0 Å². The summed E-state index contributed by atoms with van der Waals surface area (Å²) in [6, 6.07) is 4.78. The van der Waals surface area contributed by atoms with Crippen LogP contribution in [0.2, 0.25) is 0 Å². The quantitative estimate of drug-likeness (QED) is 0.824. The Balaban J connectivity index is 1.93. The van der Waals surface area contributed by atoms with E-state index in [1.54, 1.807) is 23.1 Å². The van der Waals surface area contributed by atoms with E-state index in [2.05, 4.69) is 5.32 Å². The zero-order chi connectivity index (χ0) is 17.9. The lowest BCUT2D eigenvalue weighted by atomic mass is 10.1. The summed E-state index contributed by atoms with van der Waals surface area (Å²) in [6.07, 6.45) is 0.338. The van der Waals surface area contributed by atoms with E-state index in [0.29, 0.717) is 36.5 Å². The molecule has 1 heterocycles. The fourth-order valence-corrected chi connectivity index (χ4v) is 2.49. The second-order valence-corrected chi connectivity index (χ2v) is 6.84. The van der Waals surface area contributed by atoms with E-state index in [1.807, 2.05) is 20.8 Å². The van der Waals surface area contributed by atoms with Gasteiger partial charge >= 0.3 is 6.09 Å². The number of anilines is 1. The van der Waals surface area contributed by atoms with Crippen molar-refractivity contribution in [3.8, 4) is 5.75 Å². The highest BCUT2D eigenvalue weighted by Gasteiger charge is 2.30. The average Bonchev–Trinajstić information content (AvgIpc) is 2.94. The minimum atomic E-state index is -0.529. The molecule has 2 amide bonds. The minimum absolute atomic E-state index is 0.103. The number of rotatable bonds is 3. The molecule has 1 aliphatic heterocycles. The van der Waals surface area contributed by atoms with Crippen LogP contribution in [-0.2, 0) is 4.74 Å². The number of nitrogens with two attached hydrogens (primary N) is 1. The van der Waals surface area contributed by atoms with Crippen LogP contribution in [0.1, 0.15) is 37.6 Å². The molecule has 7 nitrogen and oxygen atoms in total. The number of carbonyl (C=O) groups excluding carboxylic acids is 2. The Morgan fingerprint density at radius 2 is 2.04 bits per heavy atom. The largest absolute Gasteiger partial charge is 0.495 e. The summed E-state index contributed by atoms with van der Waals surface area (Å²) >= 11 is 0. The minimum Gasteiger partial charge on any atom is -0.495 e. The van der Waals surface area contributed by atoms with Crippen LogP contribution in [0, 0.1) is 0 Å². The van der Waals surface area contributed by atoms with Gasteiger partial charge in [-0.2, -0.15) is 0 Å². The molecule has 0 radical (unpaired) electrons. The summed E-state index contributed by atoms with van der Waals surface area (Å²) in [7, 11) is 1.50. The van der Waals surface area contributed by atoms with Gasteiger partial charge in [0.15, 0.2) is 0 Å². The van der Waals surface area contributed by atoms with E-state index in [4.69, 9.17) is 15.2 Å². The van der Waals surface area contributed by atoms with Crippen LogP contribution >= 0.6 is 0 Å². The summed E-state index contributed by atoms with van der Waals surface area (Å²) < 4.78 is 10.5. The van der Waals surface area contributed by atoms with Gasteiger partial charge in [0.05, 0.1) is 12.8 Å². The topological polar surface area (TPSA) is 93.9 Å². The predicted octanol–water partition coefficient (Wildman–Crippen LogP) is 2.02. The van der Waals surface area contributed by atoms with Gasteiger partial charge in [0.1, 0.15) is 11.4 Å². The molecule has 0 aliphatic carbocycles. The summed E-state index contributed by atoms with van der Waals surface area (Å²) in [5.74, 6) is 0.244. The maximum atomic E-state index is 12.3. The van der Waals surface area contributed by atoms with Crippen LogP contribution < -0.4 is 15.8 Å². The molecule has 0 spiro atoms. The Morgan fingerprint density at radius 3 is 2.67 bits per heavy atom. The van der Waals surface area contributed by atoms with Gasteiger partial charge in [0, 0.05) is 24.7 Å². The van der Waals surface area contributed by atoms with Crippen molar-refractivity contribution in [2.45, 2.75) is 38.8 Å². The molecule has 7 heteroatoms. The molecule has 1 saturated heterocycles. The van der Waals surface area contributed by atoms with Crippen molar-refractivity contribution in [3.63, 3.8) is 0 Å². The number of methoxy groups -OCH3 is 1. The molecular weight excluding hydrogens is 310 g/mol. The number of hydrogen-bond acceptors (Lipinski definition) is 5. The smallest absolute Gasteiger partial charge is 0.410 e. The Bertz CT molecular complexity index is 625. The first kappa shape index (κ1) is 17.9. The van der Waals surface area contributed by atoms with Crippen molar-refractivity contribution < 1.29 is 19.1 Å². The maximum absolute atomic E-state index is 12.3. The van der Waals surface area contributed by atoms with E-state index in [-0.39, 0.29) is 18.0 Å². The van der Waals surface area contributed by atoms with Crippen LogP contribution in [0.3, 0.4) is 0 Å². The number of likely N-dealkylation sites (tertiary alicyclic amines) is 1. The Kier molecular flexibility index (Phi) is 5.21. The molecule has 1 aliphatic rings. The van der Waals surface area contributed by atoms with Crippen molar-refractivity contribution in [1.82, 2.24) is 10.2 Å². The first-order valence-electron chi connectivity index (χ1n) is 7.92. The first-order valence-corrected chi connectivity index (χ1v) is 7.92. The number of nitrogens with one attached hydrogen (secondary N) is 1. The van der Waals surface area contributed by atoms with Crippen molar-refractivity contribution in [2.75, 3.05) is 25.9 Å². The van der Waals surface area contributed by atoms with Crippen LogP contribution in [0.15, 0.2) is 18.2 Å². The van der Waals surface area contributed by atoms with Gasteiger partial charge in [-0.15, -0.1) is 0 Å². The fourth-order valence-electron chi connectivity index (χ4n) is 2.49. The summed E-state index contributed by atoms with van der Waals surface area (Å²) in [6.45, 7) is 6.48. The highest BCUT2D eigenvalue weighted by molar-refractivity contribution is 5.95. The zero-order valence-corrected chi connectivity index (χ0v) is 14.6. The van der Waals surface area contributed by atoms with Crippen LogP contribution in [-0.4, -0.2) is 48.7 Å². The van der Waals surface area contributed by atoms with Crippen molar-refractivity contribution in [3.05, 3.63) is 23.8 Å². The van der Waals surface area contributed by atoms with Crippen LogP contribution in [0.4, 0.5) is 10.5 Å². The number of carbonyl (C=O) groups is 2. The molecule has 3 N–H and O–H groups in total. The van der Waals surface area contributed by atoms with E-state index in [0.717, 1.165) is 0 Å². The molecule has 0 aromatic heterocycles. The van der Waals surface area contributed by atoms with Gasteiger partial charge in [0.2, 0.25) is 0 Å². The second-order valence-electron chi connectivity index (χ2n) is 6.84. The van der Waals surface area contributed by atoms with Gasteiger partial charge < -0.3 is 25.4 Å². The molecule has 132 valence electrons. The lowest BCUT2D eigenvalue weighted by Crippen LogP contribution is -2.40. The van der Waals surface area contributed by atoms with E-state index >= 15 is 0 Å². The average molecular weight is 335 g/mol. The Labute approximate surface area is 142 Å². The lowest BCUT2D eigenvalue weighted by molar-refractivity contribution is 0.0290. The second kappa shape index (κ2) is 6.98. The van der Waals surface area contributed by atoms with Crippen molar-refractivity contribution >= 4 is 17.7 Å². The van der Waals surface area contributed by atoms with Gasteiger partial charge in [-0.25, -0.2) is 4.79 Å². The van der Waals surface area contributed by atoms with Gasteiger partial charge in [0.25, 0.3) is 5.91 Å². The van der Waals surface area contributed by atoms with E-state index in [1.165, 1.54) is 7.11 Å². The molecule has 24 heavy (non-hydrogen) atoms. The summed E-state index contributed by atoms with van der Waals surface area (Å²) in [5, 5.41) is 2.93. The Morgan fingerprint density at radius 1 is 1.33 bits per heavy atom. The Hall–Kier alpha value is -2.44. The van der Waals surface area contributed by atoms with Crippen LogP contribution in [0.25, 0.3) is 0 Å². The fraction of sp³-hybridized carbons (Fsp3) is 0.529.